The van der Waals surface area contributed by atoms with E-state index < -0.39 is 6.10 Å². The molecule has 0 saturated heterocycles. The molecular formula is C15H23FO2. The molecule has 102 valence electrons. The van der Waals surface area contributed by atoms with Gasteiger partial charge in [-0.2, -0.15) is 0 Å². The number of aryl methyl sites for hydroxylation is 1. The van der Waals surface area contributed by atoms with Gasteiger partial charge in [0.1, 0.15) is 5.82 Å². The zero-order valence-corrected chi connectivity index (χ0v) is 11.4. The monoisotopic (exact) mass is 254 g/mol. The summed E-state index contributed by atoms with van der Waals surface area (Å²) in [6.07, 6.45) is 1.48. The predicted molar refractivity (Wildman–Crippen MR) is 71.2 cm³/mol. The van der Waals surface area contributed by atoms with E-state index in [0.717, 1.165) is 24.0 Å². The van der Waals surface area contributed by atoms with Gasteiger partial charge >= 0.3 is 0 Å². The van der Waals surface area contributed by atoms with E-state index in [4.69, 9.17) is 4.74 Å². The third kappa shape index (κ3) is 4.39. The van der Waals surface area contributed by atoms with Crippen LogP contribution < -0.4 is 0 Å². The number of benzene rings is 1. The van der Waals surface area contributed by atoms with Crippen LogP contribution in [0, 0.1) is 12.7 Å². The Kier molecular flexibility index (Phi) is 6.30. The Bertz CT molecular complexity index is 360. The van der Waals surface area contributed by atoms with E-state index in [1.807, 2.05) is 13.8 Å². The zero-order valence-electron chi connectivity index (χ0n) is 11.4. The Morgan fingerprint density at radius 1 is 1.33 bits per heavy atom. The van der Waals surface area contributed by atoms with Gasteiger partial charge in [0.25, 0.3) is 0 Å². The van der Waals surface area contributed by atoms with Crippen LogP contribution in [0.1, 0.15) is 37.8 Å². The number of hydrogen-bond acceptors (Lipinski definition) is 2. The number of aliphatic hydroxyl groups excluding tert-OH is 1. The van der Waals surface area contributed by atoms with E-state index in [0.29, 0.717) is 13.0 Å². The summed E-state index contributed by atoms with van der Waals surface area (Å²) in [5.74, 6) is -0.258. The highest BCUT2D eigenvalue weighted by molar-refractivity contribution is 5.27. The highest BCUT2D eigenvalue weighted by Gasteiger charge is 2.19. The third-order valence-corrected chi connectivity index (χ3v) is 3.12. The first-order valence-electron chi connectivity index (χ1n) is 6.63. The summed E-state index contributed by atoms with van der Waals surface area (Å²) in [6.45, 7) is 6.50. The topological polar surface area (TPSA) is 29.5 Å². The van der Waals surface area contributed by atoms with E-state index in [2.05, 4.69) is 6.92 Å². The van der Waals surface area contributed by atoms with Crippen LogP contribution in [0.15, 0.2) is 18.2 Å². The molecule has 2 nitrogen and oxygen atoms in total. The van der Waals surface area contributed by atoms with Crippen molar-refractivity contribution in [2.24, 2.45) is 0 Å². The lowest BCUT2D eigenvalue weighted by molar-refractivity contribution is -0.0364. The van der Waals surface area contributed by atoms with E-state index in [-0.39, 0.29) is 11.9 Å². The van der Waals surface area contributed by atoms with E-state index >= 15 is 0 Å². The van der Waals surface area contributed by atoms with Gasteiger partial charge in [-0.25, -0.2) is 4.39 Å². The lowest BCUT2D eigenvalue weighted by Gasteiger charge is -2.23. The molecule has 2 atom stereocenters. The van der Waals surface area contributed by atoms with Crippen LogP contribution in [0.25, 0.3) is 0 Å². The zero-order chi connectivity index (χ0) is 13.5. The molecular weight excluding hydrogens is 231 g/mol. The summed E-state index contributed by atoms with van der Waals surface area (Å²) in [7, 11) is 0. The third-order valence-electron chi connectivity index (χ3n) is 3.12. The predicted octanol–water partition coefficient (Wildman–Crippen LogP) is 3.24. The van der Waals surface area contributed by atoms with Crippen LogP contribution in [0.2, 0.25) is 0 Å². The number of hydrogen-bond donors (Lipinski definition) is 1. The molecule has 3 heteroatoms. The number of halogens is 1. The van der Waals surface area contributed by atoms with E-state index in [1.165, 1.54) is 12.1 Å². The molecule has 0 aliphatic rings. The summed E-state index contributed by atoms with van der Waals surface area (Å²) in [5, 5.41) is 10.2. The molecule has 0 fully saturated rings. The van der Waals surface area contributed by atoms with Crippen molar-refractivity contribution >= 4 is 0 Å². The van der Waals surface area contributed by atoms with Gasteiger partial charge in [0.15, 0.2) is 0 Å². The molecule has 1 aromatic rings. The standard InChI is InChI=1S/C15H23FO2/c1-4-6-15(18-5-2)14(17)10-12-9-13(16)8-7-11(12)3/h7-9,14-15,17H,4-6,10H2,1-3H3. The molecule has 1 rings (SSSR count). The molecule has 0 heterocycles. The second-order valence-corrected chi connectivity index (χ2v) is 4.62. The van der Waals surface area contributed by atoms with Gasteiger partial charge < -0.3 is 9.84 Å². The van der Waals surface area contributed by atoms with Crippen molar-refractivity contribution in [2.75, 3.05) is 6.61 Å². The molecule has 0 aliphatic carbocycles. The molecule has 1 N–H and O–H groups in total. The van der Waals surface area contributed by atoms with Gasteiger partial charge in [-0.1, -0.05) is 19.4 Å². The number of aliphatic hydroxyl groups is 1. The second-order valence-electron chi connectivity index (χ2n) is 4.62. The Balaban J connectivity index is 2.71. The largest absolute Gasteiger partial charge is 0.390 e. The number of rotatable bonds is 7. The van der Waals surface area contributed by atoms with Crippen LogP contribution >= 0.6 is 0 Å². The first-order valence-corrected chi connectivity index (χ1v) is 6.63. The maximum absolute atomic E-state index is 13.2. The minimum atomic E-state index is -0.578. The summed E-state index contributed by atoms with van der Waals surface area (Å²) in [6, 6.07) is 4.68. The fourth-order valence-corrected chi connectivity index (χ4v) is 2.10. The first kappa shape index (κ1) is 15.1. The fourth-order valence-electron chi connectivity index (χ4n) is 2.10. The van der Waals surface area contributed by atoms with Crippen molar-refractivity contribution in [1.29, 1.82) is 0 Å². The molecule has 18 heavy (non-hydrogen) atoms. The summed E-state index contributed by atoms with van der Waals surface area (Å²) < 4.78 is 18.7. The summed E-state index contributed by atoms with van der Waals surface area (Å²) in [5.41, 5.74) is 1.85. The molecule has 0 spiro atoms. The molecule has 0 radical (unpaired) electrons. The van der Waals surface area contributed by atoms with Crippen LogP contribution in [-0.4, -0.2) is 23.9 Å². The minimum absolute atomic E-state index is 0.164. The average molecular weight is 254 g/mol. The molecule has 0 amide bonds. The van der Waals surface area contributed by atoms with Gasteiger partial charge in [0, 0.05) is 13.0 Å². The molecule has 2 unspecified atom stereocenters. The van der Waals surface area contributed by atoms with Crippen molar-refractivity contribution in [3.05, 3.63) is 35.1 Å². The Morgan fingerprint density at radius 2 is 2.06 bits per heavy atom. The van der Waals surface area contributed by atoms with Crippen LogP contribution in [0.4, 0.5) is 4.39 Å². The maximum Gasteiger partial charge on any atom is 0.123 e. The Morgan fingerprint density at radius 3 is 2.67 bits per heavy atom. The SMILES string of the molecule is CCCC(OCC)C(O)Cc1cc(F)ccc1C. The maximum atomic E-state index is 13.2. The van der Waals surface area contributed by atoms with Crippen molar-refractivity contribution in [3.8, 4) is 0 Å². The van der Waals surface area contributed by atoms with Gasteiger partial charge in [-0.3, -0.25) is 0 Å². The highest BCUT2D eigenvalue weighted by atomic mass is 19.1. The highest BCUT2D eigenvalue weighted by Crippen LogP contribution is 2.17. The lowest BCUT2D eigenvalue weighted by atomic mass is 9.97. The van der Waals surface area contributed by atoms with Crippen molar-refractivity contribution < 1.29 is 14.2 Å². The van der Waals surface area contributed by atoms with E-state index in [9.17, 15) is 9.50 Å². The lowest BCUT2D eigenvalue weighted by Crippen LogP contribution is -2.31. The smallest absolute Gasteiger partial charge is 0.123 e. The van der Waals surface area contributed by atoms with Crippen molar-refractivity contribution in [2.45, 2.75) is 52.2 Å². The minimum Gasteiger partial charge on any atom is -0.390 e. The first-order chi connectivity index (χ1) is 8.58. The Labute approximate surface area is 109 Å². The molecule has 1 aromatic carbocycles. The van der Waals surface area contributed by atoms with E-state index in [1.54, 1.807) is 6.07 Å². The molecule has 0 bridgehead atoms. The molecule has 0 aliphatic heterocycles. The van der Waals surface area contributed by atoms with Gasteiger partial charge in [0.05, 0.1) is 12.2 Å². The van der Waals surface area contributed by atoms with Crippen molar-refractivity contribution in [3.63, 3.8) is 0 Å². The summed E-state index contributed by atoms with van der Waals surface area (Å²) in [4.78, 5) is 0. The quantitative estimate of drug-likeness (QED) is 0.809. The fraction of sp³-hybridized carbons (Fsp3) is 0.600. The average Bonchev–Trinajstić information content (AvgIpc) is 2.33. The van der Waals surface area contributed by atoms with Crippen LogP contribution in [-0.2, 0) is 11.2 Å². The van der Waals surface area contributed by atoms with Crippen LogP contribution in [0.3, 0.4) is 0 Å². The Hall–Kier alpha value is -0.930. The second kappa shape index (κ2) is 7.49. The normalized spacial score (nSPS) is 14.5. The van der Waals surface area contributed by atoms with Gasteiger partial charge in [-0.15, -0.1) is 0 Å². The summed E-state index contributed by atoms with van der Waals surface area (Å²) >= 11 is 0. The van der Waals surface area contributed by atoms with Gasteiger partial charge in [0.2, 0.25) is 0 Å². The van der Waals surface area contributed by atoms with Crippen LogP contribution in [0.5, 0.6) is 0 Å². The molecule has 0 aromatic heterocycles. The van der Waals surface area contributed by atoms with Crippen molar-refractivity contribution in [1.82, 2.24) is 0 Å². The molecule has 0 saturated carbocycles. The van der Waals surface area contributed by atoms with Gasteiger partial charge in [-0.05, 0) is 43.5 Å². The number of ether oxygens (including phenoxy) is 1.